The fourth-order valence-electron chi connectivity index (χ4n) is 1.65. The number of aromatic nitrogens is 2. The van der Waals surface area contributed by atoms with E-state index < -0.39 is 0 Å². The summed E-state index contributed by atoms with van der Waals surface area (Å²) in [4.78, 5) is 8.19. The van der Waals surface area contributed by atoms with Gasteiger partial charge in [-0.2, -0.15) is 0 Å². The largest absolute Gasteiger partial charge is 0.485 e. The Morgan fingerprint density at radius 3 is 2.74 bits per heavy atom. The third-order valence-corrected chi connectivity index (χ3v) is 2.65. The molecule has 5 nitrogen and oxygen atoms in total. The van der Waals surface area contributed by atoms with Gasteiger partial charge in [0.25, 0.3) is 0 Å². The summed E-state index contributed by atoms with van der Waals surface area (Å²) in [5.41, 5.74) is 2.33. The van der Waals surface area contributed by atoms with Crippen molar-refractivity contribution in [2.75, 3.05) is 0 Å². The van der Waals surface area contributed by atoms with Gasteiger partial charge in [0.05, 0.1) is 5.71 Å². The molecule has 0 saturated heterocycles. The Hall–Kier alpha value is -2.43. The minimum Gasteiger partial charge on any atom is -0.485 e. The highest BCUT2D eigenvalue weighted by Crippen LogP contribution is 2.22. The molecule has 2 aromatic rings. The highest BCUT2D eigenvalue weighted by molar-refractivity contribution is 6.00. The average molecular weight is 257 g/mol. The van der Waals surface area contributed by atoms with E-state index >= 15 is 0 Å². The molecule has 0 aliphatic heterocycles. The highest BCUT2D eigenvalue weighted by atomic mass is 16.5. The van der Waals surface area contributed by atoms with Gasteiger partial charge in [-0.25, -0.2) is 9.97 Å². The van der Waals surface area contributed by atoms with E-state index in [0.717, 1.165) is 11.1 Å². The second-order valence-electron chi connectivity index (χ2n) is 4.14. The minimum absolute atomic E-state index is 0.274. The maximum Gasteiger partial charge on any atom is 0.166 e. The molecule has 0 aliphatic carbocycles. The highest BCUT2D eigenvalue weighted by Gasteiger charge is 2.08. The van der Waals surface area contributed by atoms with Crippen molar-refractivity contribution in [1.82, 2.24) is 9.97 Å². The Bertz CT molecular complexity index is 582. The first-order valence-electron chi connectivity index (χ1n) is 5.89. The predicted octanol–water partition coefficient (Wildman–Crippen LogP) is 2.56. The Morgan fingerprint density at radius 2 is 2.05 bits per heavy atom. The Kier molecular flexibility index (Phi) is 4.07. The van der Waals surface area contributed by atoms with Crippen molar-refractivity contribution >= 4 is 5.71 Å². The van der Waals surface area contributed by atoms with Crippen LogP contribution in [0.5, 0.6) is 5.75 Å². The maximum absolute atomic E-state index is 8.87. The summed E-state index contributed by atoms with van der Waals surface area (Å²) in [7, 11) is 0. The lowest BCUT2D eigenvalue weighted by atomic mass is 10.1. The molecule has 5 heteroatoms. The van der Waals surface area contributed by atoms with Gasteiger partial charge in [0, 0.05) is 18.0 Å². The van der Waals surface area contributed by atoms with Crippen molar-refractivity contribution < 1.29 is 9.94 Å². The van der Waals surface area contributed by atoms with Crippen molar-refractivity contribution in [3.63, 3.8) is 0 Å². The summed E-state index contributed by atoms with van der Waals surface area (Å²) in [6, 6.07) is 7.46. The van der Waals surface area contributed by atoms with Crippen LogP contribution < -0.4 is 4.74 Å². The first-order chi connectivity index (χ1) is 9.20. The molecule has 19 heavy (non-hydrogen) atoms. The van der Waals surface area contributed by atoms with Crippen LogP contribution in [0.25, 0.3) is 0 Å². The number of oxime groups is 1. The number of aryl methyl sites for hydroxylation is 1. The molecule has 0 fully saturated rings. The average Bonchev–Trinajstić information content (AvgIpc) is 2.45. The van der Waals surface area contributed by atoms with Crippen LogP contribution in [0.4, 0.5) is 0 Å². The SMILES string of the molecule is CC(=NO)c1ccc(C)cc1OCc1ncccn1. The number of hydrogen-bond acceptors (Lipinski definition) is 5. The molecule has 1 heterocycles. The lowest BCUT2D eigenvalue weighted by Gasteiger charge is -2.11. The lowest BCUT2D eigenvalue weighted by molar-refractivity contribution is 0.293. The van der Waals surface area contributed by atoms with Crippen LogP contribution in [-0.2, 0) is 6.61 Å². The van der Waals surface area contributed by atoms with E-state index in [-0.39, 0.29) is 6.61 Å². The molecule has 0 bridgehead atoms. The van der Waals surface area contributed by atoms with Crippen molar-refractivity contribution in [3.8, 4) is 5.75 Å². The van der Waals surface area contributed by atoms with E-state index in [2.05, 4.69) is 15.1 Å². The van der Waals surface area contributed by atoms with Gasteiger partial charge in [-0.15, -0.1) is 0 Å². The van der Waals surface area contributed by atoms with Crippen molar-refractivity contribution in [1.29, 1.82) is 0 Å². The van der Waals surface area contributed by atoms with Crippen LogP contribution in [-0.4, -0.2) is 20.9 Å². The van der Waals surface area contributed by atoms with E-state index in [1.807, 2.05) is 25.1 Å². The molecule has 0 unspecified atom stereocenters. The molecule has 2 rings (SSSR count). The molecular weight excluding hydrogens is 242 g/mol. The summed E-state index contributed by atoms with van der Waals surface area (Å²) in [5.74, 6) is 1.26. The van der Waals surface area contributed by atoms with E-state index in [1.54, 1.807) is 25.4 Å². The number of nitrogens with zero attached hydrogens (tertiary/aromatic N) is 3. The molecule has 1 aromatic carbocycles. The van der Waals surface area contributed by atoms with Gasteiger partial charge in [-0.3, -0.25) is 0 Å². The van der Waals surface area contributed by atoms with Crippen molar-refractivity contribution in [3.05, 3.63) is 53.6 Å². The molecule has 1 aromatic heterocycles. The second-order valence-corrected chi connectivity index (χ2v) is 4.14. The van der Waals surface area contributed by atoms with Crippen LogP contribution in [0.2, 0.25) is 0 Å². The van der Waals surface area contributed by atoms with Crippen molar-refractivity contribution in [2.24, 2.45) is 5.16 Å². The zero-order valence-electron chi connectivity index (χ0n) is 10.9. The molecular formula is C14H15N3O2. The normalized spacial score (nSPS) is 11.4. The van der Waals surface area contributed by atoms with Gasteiger partial charge in [-0.1, -0.05) is 11.2 Å². The number of hydrogen-bond donors (Lipinski definition) is 1. The second kappa shape index (κ2) is 5.95. The van der Waals surface area contributed by atoms with Gasteiger partial charge >= 0.3 is 0 Å². The standard InChI is InChI=1S/C14H15N3O2/c1-10-4-5-12(11(2)17-18)13(8-10)19-9-14-15-6-3-7-16-14/h3-8,18H,9H2,1-2H3. The third kappa shape index (κ3) is 3.28. The number of ether oxygens (including phenoxy) is 1. The van der Waals surface area contributed by atoms with Gasteiger partial charge in [0.2, 0.25) is 0 Å². The van der Waals surface area contributed by atoms with E-state index in [0.29, 0.717) is 17.3 Å². The van der Waals surface area contributed by atoms with Crippen LogP contribution in [0.15, 0.2) is 41.8 Å². The Labute approximate surface area is 111 Å². The summed E-state index contributed by atoms with van der Waals surface area (Å²) in [6.45, 7) is 3.97. The fourth-order valence-corrected chi connectivity index (χ4v) is 1.65. The predicted molar refractivity (Wildman–Crippen MR) is 71.5 cm³/mol. The molecule has 0 saturated carbocycles. The first-order valence-corrected chi connectivity index (χ1v) is 5.89. The molecule has 98 valence electrons. The smallest absolute Gasteiger partial charge is 0.166 e. The number of benzene rings is 1. The zero-order valence-corrected chi connectivity index (χ0v) is 10.9. The Morgan fingerprint density at radius 1 is 1.32 bits per heavy atom. The topological polar surface area (TPSA) is 67.6 Å². The first kappa shape index (κ1) is 13.0. The molecule has 0 spiro atoms. The van der Waals surface area contributed by atoms with Crippen LogP contribution >= 0.6 is 0 Å². The summed E-state index contributed by atoms with van der Waals surface area (Å²) in [6.07, 6.45) is 3.34. The van der Waals surface area contributed by atoms with Crippen LogP contribution in [0.3, 0.4) is 0 Å². The molecule has 1 N–H and O–H groups in total. The zero-order chi connectivity index (χ0) is 13.7. The maximum atomic E-state index is 8.87. The fraction of sp³-hybridized carbons (Fsp3) is 0.214. The summed E-state index contributed by atoms with van der Waals surface area (Å²) < 4.78 is 5.71. The van der Waals surface area contributed by atoms with E-state index in [4.69, 9.17) is 9.94 Å². The van der Waals surface area contributed by atoms with Crippen LogP contribution in [0.1, 0.15) is 23.9 Å². The molecule has 0 radical (unpaired) electrons. The van der Waals surface area contributed by atoms with E-state index in [1.165, 1.54) is 0 Å². The lowest BCUT2D eigenvalue weighted by Crippen LogP contribution is -2.05. The molecule has 0 amide bonds. The number of rotatable bonds is 4. The van der Waals surface area contributed by atoms with Gasteiger partial charge in [-0.05, 0) is 37.6 Å². The van der Waals surface area contributed by atoms with Gasteiger partial charge in [0.15, 0.2) is 5.82 Å². The molecule has 0 aliphatic rings. The van der Waals surface area contributed by atoms with Crippen LogP contribution in [0, 0.1) is 6.92 Å². The van der Waals surface area contributed by atoms with Crippen molar-refractivity contribution in [2.45, 2.75) is 20.5 Å². The van der Waals surface area contributed by atoms with E-state index in [9.17, 15) is 0 Å². The quantitative estimate of drug-likeness (QED) is 0.519. The molecule has 0 atom stereocenters. The monoisotopic (exact) mass is 257 g/mol. The summed E-state index contributed by atoms with van der Waals surface area (Å²) in [5, 5.41) is 12.1. The van der Waals surface area contributed by atoms with Gasteiger partial charge in [0.1, 0.15) is 12.4 Å². The summed E-state index contributed by atoms with van der Waals surface area (Å²) >= 11 is 0. The Balaban J connectivity index is 2.21. The third-order valence-electron chi connectivity index (χ3n) is 2.65. The van der Waals surface area contributed by atoms with Gasteiger partial charge < -0.3 is 9.94 Å². The minimum atomic E-state index is 0.274.